The molecule has 0 aliphatic carbocycles. The first-order valence-electron chi connectivity index (χ1n) is 12.6. The molecule has 0 spiro atoms. The van der Waals surface area contributed by atoms with Gasteiger partial charge in [-0.1, -0.05) is 39.5 Å². The van der Waals surface area contributed by atoms with E-state index >= 15 is 0 Å². The topological polar surface area (TPSA) is 167 Å². The first kappa shape index (κ1) is 38.2. The second-order valence-electron chi connectivity index (χ2n) is 9.45. The molecule has 0 saturated carbocycles. The zero-order valence-electron chi connectivity index (χ0n) is 24.5. The van der Waals surface area contributed by atoms with Gasteiger partial charge in [-0.2, -0.15) is 0 Å². The third-order valence-corrected chi connectivity index (χ3v) is 5.28. The quantitative estimate of drug-likeness (QED) is 0.1000. The predicted octanol–water partition coefficient (Wildman–Crippen LogP) is 2.13. The van der Waals surface area contributed by atoms with E-state index in [9.17, 15) is 28.8 Å². The molecule has 0 atom stereocenters. The summed E-state index contributed by atoms with van der Waals surface area (Å²) in [6, 6.07) is 0. The van der Waals surface area contributed by atoms with Crippen molar-refractivity contribution < 1.29 is 61.9 Å². The standard InChI is InChI=1S/C30H38O13/c1-9-23(31)38-15-29(16-39-24(32)10-2,17-40-25(33)11-3)13-37-14-30(18-41-26(34)12-4,19-42-27(35)21(5)6)20-43-28(36)22(7)8/h9-12H,1-5,7,13-20H2,6,8H3. The van der Waals surface area contributed by atoms with Crippen molar-refractivity contribution in [2.24, 2.45) is 10.8 Å². The van der Waals surface area contributed by atoms with Crippen LogP contribution in [-0.4, -0.2) is 88.7 Å². The van der Waals surface area contributed by atoms with Crippen molar-refractivity contribution in [1.29, 1.82) is 0 Å². The summed E-state index contributed by atoms with van der Waals surface area (Å²) < 4.78 is 37.2. The van der Waals surface area contributed by atoms with Gasteiger partial charge in [0.15, 0.2) is 0 Å². The number of esters is 6. The highest BCUT2D eigenvalue weighted by Gasteiger charge is 2.40. The maximum atomic E-state index is 12.2. The summed E-state index contributed by atoms with van der Waals surface area (Å²) in [4.78, 5) is 72.0. The highest BCUT2D eigenvalue weighted by Crippen LogP contribution is 2.26. The first-order valence-corrected chi connectivity index (χ1v) is 12.6. The van der Waals surface area contributed by atoms with E-state index in [4.69, 9.17) is 33.2 Å². The number of carbonyl (C=O) groups is 6. The Hall–Kier alpha value is -4.78. The molecule has 13 nitrogen and oxygen atoms in total. The Labute approximate surface area is 250 Å². The van der Waals surface area contributed by atoms with Crippen LogP contribution in [0.5, 0.6) is 0 Å². The maximum absolute atomic E-state index is 12.2. The van der Waals surface area contributed by atoms with Gasteiger partial charge in [0.2, 0.25) is 0 Å². The van der Waals surface area contributed by atoms with Crippen LogP contribution in [0.15, 0.2) is 74.9 Å². The van der Waals surface area contributed by atoms with Crippen molar-refractivity contribution in [3.05, 3.63) is 74.9 Å². The van der Waals surface area contributed by atoms with Gasteiger partial charge in [-0.3, -0.25) is 0 Å². The van der Waals surface area contributed by atoms with E-state index < -0.39 is 99.5 Å². The molecule has 0 radical (unpaired) electrons. The van der Waals surface area contributed by atoms with Gasteiger partial charge in [0, 0.05) is 35.5 Å². The van der Waals surface area contributed by atoms with Crippen molar-refractivity contribution in [3.63, 3.8) is 0 Å². The van der Waals surface area contributed by atoms with E-state index in [1.807, 2.05) is 0 Å². The van der Waals surface area contributed by atoms with Crippen LogP contribution in [0.1, 0.15) is 13.8 Å². The van der Waals surface area contributed by atoms with E-state index in [1.165, 1.54) is 13.8 Å². The zero-order valence-corrected chi connectivity index (χ0v) is 24.5. The van der Waals surface area contributed by atoms with Crippen LogP contribution >= 0.6 is 0 Å². The van der Waals surface area contributed by atoms with Gasteiger partial charge < -0.3 is 33.2 Å². The van der Waals surface area contributed by atoms with Crippen molar-refractivity contribution in [2.75, 3.05) is 52.9 Å². The molecule has 0 aromatic rings. The van der Waals surface area contributed by atoms with Crippen molar-refractivity contribution in [3.8, 4) is 0 Å². The molecular formula is C30H38O13. The summed E-state index contributed by atoms with van der Waals surface area (Å²) in [7, 11) is 0. The highest BCUT2D eigenvalue weighted by molar-refractivity contribution is 5.87. The Morgan fingerprint density at radius 1 is 0.465 bits per heavy atom. The van der Waals surface area contributed by atoms with Gasteiger partial charge in [0.1, 0.15) is 39.6 Å². The minimum Gasteiger partial charge on any atom is -0.462 e. The molecule has 13 heteroatoms. The zero-order chi connectivity index (χ0) is 33.1. The van der Waals surface area contributed by atoms with Crippen molar-refractivity contribution in [1.82, 2.24) is 0 Å². The molecule has 0 aromatic carbocycles. The minimum absolute atomic E-state index is 0.0629. The molecular weight excluding hydrogens is 568 g/mol. The number of hydrogen-bond acceptors (Lipinski definition) is 13. The van der Waals surface area contributed by atoms with E-state index in [0.717, 1.165) is 24.3 Å². The summed E-state index contributed by atoms with van der Waals surface area (Å²) in [6.07, 6.45) is 3.57. The van der Waals surface area contributed by atoms with Crippen LogP contribution < -0.4 is 0 Å². The molecule has 236 valence electrons. The smallest absolute Gasteiger partial charge is 0.333 e. The molecule has 0 aliphatic rings. The Bertz CT molecular complexity index is 1030. The van der Waals surface area contributed by atoms with Gasteiger partial charge in [-0.05, 0) is 13.8 Å². The van der Waals surface area contributed by atoms with Crippen LogP contribution in [0.3, 0.4) is 0 Å². The van der Waals surface area contributed by atoms with Crippen LogP contribution in [0.2, 0.25) is 0 Å². The SMILES string of the molecule is C=CC(=O)OCC(COCC(COC(=O)C=C)(COC(=O)C(=C)C)COC(=O)C(=C)C)(COC(=O)C=C)COC(=O)C=C. The monoisotopic (exact) mass is 606 g/mol. The molecule has 0 N–H and O–H groups in total. The fourth-order valence-electron chi connectivity index (χ4n) is 2.80. The summed E-state index contributed by atoms with van der Waals surface area (Å²) >= 11 is 0. The largest absolute Gasteiger partial charge is 0.462 e. The lowest BCUT2D eigenvalue weighted by Gasteiger charge is -2.35. The molecule has 0 aliphatic heterocycles. The lowest BCUT2D eigenvalue weighted by Crippen LogP contribution is -2.47. The van der Waals surface area contributed by atoms with Gasteiger partial charge in [-0.15, -0.1) is 0 Å². The van der Waals surface area contributed by atoms with Crippen molar-refractivity contribution in [2.45, 2.75) is 13.8 Å². The van der Waals surface area contributed by atoms with Gasteiger partial charge in [0.25, 0.3) is 0 Å². The summed E-state index contributed by atoms with van der Waals surface area (Å²) in [5, 5.41) is 0. The van der Waals surface area contributed by atoms with Crippen molar-refractivity contribution >= 4 is 35.8 Å². The first-order chi connectivity index (χ1) is 20.2. The average Bonchev–Trinajstić information content (AvgIpc) is 3.00. The normalized spacial score (nSPS) is 10.7. The van der Waals surface area contributed by atoms with Crippen LogP contribution in [-0.2, 0) is 61.9 Å². The van der Waals surface area contributed by atoms with Gasteiger partial charge in [-0.25, -0.2) is 28.8 Å². The van der Waals surface area contributed by atoms with Crippen LogP contribution in [0.25, 0.3) is 0 Å². The molecule has 0 bridgehead atoms. The second-order valence-corrected chi connectivity index (χ2v) is 9.45. The third-order valence-electron chi connectivity index (χ3n) is 5.28. The summed E-state index contributed by atoms with van der Waals surface area (Å²) in [5.41, 5.74) is -2.88. The molecule has 0 aromatic heterocycles. The molecule has 0 amide bonds. The summed E-state index contributed by atoms with van der Waals surface area (Å²) in [6.45, 7) is 19.4. The molecule has 0 fully saturated rings. The Kier molecular flexibility index (Phi) is 17.2. The van der Waals surface area contributed by atoms with E-state index in [1.54, 1.807) is 0 Å². The maximum Gasteiger partial charge on any atom is 0.333 e. The van der Waals surface area contributed by atoms with Crippen LogP contribution in [0, 0.1) is 10.8 Å². The second kappa shape index (κ2) is 19.4. The van der Waals surface area contributed by atoms with E-state index in [0.29, 0.717) is 0 Å². The van der Waals surface area contributed by atoms with E-state index in [2.05, 4.69) is 39.5 Å². The van der Waals surface area contributed by atoms with Gasteiger partial charge in [0.05, 0.1) is 24.0 Å². The Morgan fingerprint density at radius 3 is 0.907 bits per heavy atom. The fraction of sp³-hybridized carbons (Fsp3) is 0.400. The lowest BCUT2D eigenvalue weighted by atomic mass is 9.90. The summed E-state index contributed by atoms with van der Waals surface area (Å²) in [5.74, 6) is -4.91. The number of rotatable bonds is 22. The lowest BCUT2D eigenvalue weighted by molar-refractivity contribution is -0.170. The minimum atomic E-state index is -1.51. The number of carbonyl (C=O) groups excluding carboxylic acids is 6. The van der Waals surface area contributed by atoms with E-state index in [-0.39, 0.29) is 11.1 Å². The average molecular weight is 607 g/mol. The van der Waals surface area contributed by atoms with Gasteiger partial charge >= 0.3 is 35.8 Å². The highest BCUT2D eigenvalue weighted by atomic mass is 16.6. The Morgan fingerprint density at radius 2 is 0.698 bits per heavy atom. The molecule has 0 unspecified atom stereocenters. The number of hydrogen-bond donors (Lipinski definition) is 0. The molecule has 0 rings (SSSR count). The Balaban J connectivity index is 6.45. The molecule has 43 heavy (non-hydrogen) atoms. The third kappa shape index (κ3) is 15.1. The molecule has 0 heterocycles. The molecule has 0 saturated heterocycles. The van der Waals surface area contributed by atoms with Crippen LogP contribution in [0.4, 0.5) is 0 Å². The fourth-order valence-corrected chi connectivity index (χ4v) is 2.80. The number of ether oxygens (including phenoxy) is 7. The predicted molar refractivity (Wildman–Crippen MR) is 152 cm³/mol.